The summed E-state index contributed by atoms with van der Waals surface area (Å²) in [4.78, 5) is 0. The number of nitrogens with two attached hydrogens (primary N) is 1. The normalized spacial score (nSPS) is 12.9. The second-order valence-electron chi connectivity index (χ2n) is 2.51. The molecule has 1 aromatic rings. The van der Waals surface area contributed by atoms with Crippen LogP contribution in [0.5, 0.6) is 0 Å². The van der Waals surface area contributed by atoms with E-state index < -0.39 is 0 Å². The van der Waals surface area contributed by atoms with E-state index in [0.29, 0.717) is 6.54 Å². The van der Waals surface area contributed by atoms with E-state index >= 15 is 0 Å². The van der Waals surface area contributed by atoms with Gasteiger partial charge in [0.2, 0.25) is 0 Å². The highest BCUT2D eigenvalue weighted by molar-refractivity contribution is 9.10. The maximum atomic E-state index is 5.52. The molecule has 1 rings (SSSR count). The number of rotatable bonds is 3. The average Bonchev–Trinajstić information content (AvgIpc) is 2.10. The van der Waals surface area contributed by atoms with Gasteiger partial charge in [-0.25, -0.2) is 0 Å². The Bertz CT molecular complexity index is 231. The molecule has 0 fully saturated rings. The largest absolute Gasteiger partial charge is 0.375 e. The average molecular weight is 230 g/mol. The highest BCUT2D eigenvalue weighted by Crippen LogP contribution is 2.17. The smallest absolute Gasteiger partial charge is 0.0943 e. The third kappa shape index (κ3) is 2.30. The molecule has 3 heteroatoms. The van der Waals surface area contributed by atoms with Crippen molar-refractivity contribution in [3.8, 4) is 0 Å². The Kier molecular flexibility index (Phi) is 3.72. The number of hydrogen-bond donors (Lipinski definition) is 1. The molecule has 0 spiro atoms. The van der Waals surface area contributed by atoms with Gasteiger partial charge in [-0.2, -0.15) is 0 Å². The minimum atomic E-state index is 0.0121. The predicted molar refractivity (Wildman–Crippen MR) is 52.9 cm³/mol. The second-order valence-corrected chi connectivity index (χ2v) is 3.43. The lowest BCUT2D eigenvalue weighted by atomic mass is 10.1. The van der Waals surface area contributed by atoms with Crippen molar-refractivity contribution in [1.29, 1.82) is 0 Å². The molecule has 0 radical (unpaired) electrons. The molecule has 0 aliphatic carbocycles. The van der Waals surface area contributed by atoms with Crippen molar-refractivity contribution in [1.82, 2.24) is 0 Å². The summed E-state index contributed by atoms with van der Waals surface area (Å²) in [5, 5.41) is 0. The zero-order chi connectivity index (χ0) is 8.97. The van der Waals surface area contributed by atoms with Crippen LogP contribution in [0.2, 0.25) is 0 Å². The third-order valence-electron chi connectivity index (χ3n) is 1.74. The summed E-state index contributed by atoms with van der Waals surface area (Å²) in [5.74, 6) is 0. The zero-order valence-corrected chi connectivity index (χ0v) is 8.54. The highest BCUT2D eigenvalue weighted by Gasteiger charge is 2.06. The molecule has 0 saturated heterocycles. The van der Waals surface area contributed by atoms with Gasteiger partial charge in [0.1, 0.15) is 0 Å². The lowest BCUT2D eigenvalue weighted by Gasteiger charge is -2.12. The van der Waals surface area contributed by atoms with E-state index in [1.165, 1.54) is 0 Å². The molecule has 0 saturated carbocycles. The molecular weight excluding hydrogens is 218 g/mol. The van der Waals surface area contributed by atoms with Crippen LogP contribution < -0.4 is 5.73 Å². The van der Waals surface area contributed by atoms with Crippen molar-refractivity contribution in [3.05, 3.63) is 34.3 Å². The van der Waals surface area contributed by atoms with Crippen LogP contribution in [-0.4, -0.2) is 13.7 Å². The Hall–Kier alpha value is -0.380. The van der Waals surface area contributed by atoms with E-state index in [0.717, 1.165) is 10.0 Å². The third-order valence-corrected chi connectivity index (χ3v) is 2.27. The summed E-state index contributed by atoms with van der Waals surface area (Å²) in [6.07, 6.45) is 0.0121. The summed E-state index contributed by atoms with van der Waals surface area (Å²) in [6, 6.07) is 7.98. The number of methoxy groups -OCH3 is 1. The minimum absolute atomic E-state index is 0.0121. The second kappa shape index (κ2) is 4.60. The highest BCUT2D eigenvalue weighted by atomic mass is 79.9. The first-order chi connectivity index (χ1) is 5.77. The van der Waals surface area contributed by atoms with Crippen LogP contribution >= 0.6 is 15.9 Å². The molecule has 2 nitrogen and oxygen atoms in total. The molecule has 0 heterocycles. The van der Waals surface area contributed by atoms with E-state index in [1.54, 1.807) is 7.11 Å². The lowest BCUT2D eigenvalue weighted by molar-refractivity contribution is 0.110. The van der Waals surface area contributed by atoms with Crippen LogP contribution in [-0.2, 0) is 4.74 Å². The van der Waals surface area contributed by atoms with Crippen molar-refractivity contribution in [2.24, 2.45) is 5.73 Å². The number of ether oxygens (including phenoxy) is 1. The molecule has 1 atom stereocenters. The Labute approximate surface area is 80.8 Å². The number of hydrogen-bond acceptors (Lipinski definition) is 2. The number of halogens is 1. The molecular formula is C9H12BrNO. The molecule has 66 valence electrons. The predicted octanol–water partition coefficient (Wildman–Crippen LogP) is 2.10. The minimum Gasteiger partial charge on any atom is -0.375 e. The summed E-state index contributed by atoms with van der Waals surface area (Å²) in [6.45, 7) is 0.512. The Morgan fingerprint density at radius 3 is 2.42 bits per heavy atom. The molecule has 0 unspecified atom stereocenters. The van der Waals surface area contributed by atoms with Gasteiger partial charge in [0.15, 0.2) is 0 Å². The summed E-state index contributed by atoms with van der Waals surface area (Å²) in [7, 11) is 1.67. The van der Waals surface area contributed by atoms with Crippen LogP contribution in [0, 0.1) is 0 Å². The summed E-state index contributed by atoms with van der Waals surface area (Å²) >= 11 is 3.37. The van der Waals surface area contributed by atoms with E-state index in [2.05, 4.69) is 15.9 Å². The van der Waals surface area contributed by atoms with Gasteiger partial charge in [0.05, 0.1) is 6.10 Å². The van der Waals surface area contributed by atoms with Crippen LogP contribution in [0.3, 0.4) is 0 Å². The van der Waals surface area contributed by atoms with Gasteiger partial charge in [-0.1, -0.05) is 28.1 Å². The molecule has 0 aliphatic rings. The molecule has 2 N–H and O–H groups in total. The lowest BCUT2D eigenvalue weighted by Crippen LogP contribution is -2.13. The van der Waals surface area contributed by atoms with Gasteiger partial charge in [0.25, 0.3) is 0 Å². The number of benzene rings is 1. The van der Waals surface area contributed by atoms with Crippen molar-refractivity contribution < 1.29 is 4.74 Å². The Morgan fingerprint density at radius 2 is 2.00 bits per heavy atom. The first-order valence-corrected chi connectivity index (χ1v) is 4.55. The van der Waals surface area contributed by atoms with Gasteiger partial charge < -0.3 is 10.5 Å². The van der Waals surface area contributed by atoms with Crippen LogP contribution in [0.25, 0.3) is 0 Å². The maximum Gasteiger partial charge on any atom is 0.0943 e. The fourth-order valence-corrected chi connectivity index (χ4v) is 1.31. The van der Waals surface area contributed by atoms with Gasteiger partial charge in [-0.15, -0.1) is 0 Å². The monoisotopic (exact) mass is 229 g/mol. The Morgan fingerprint density at radius 1 is 1.42 bits per heavy atom. The Balaban J connectivity index is 2.80. The van der Waals surface area contributed by atoms with Crippen LogP contribution in [0.15, 0.2) is 28.7 Å². The van der Waals surface area contributed by atoms with Crippen molar-refractivity contribution in [2.75, 3.05) is 13.7 Å². The fraction of sp³-hybridized carbons (Fsp3) is 0.333. The van der Waals surface area contributed by atoms with Crippen molar-refractivity contribution in [2.45, 2.75) is 6.10 Å². The van der Waals surface area contributed by atoms with Gasteiger partial charge in [-0.3, -0.25) is 0 Å². The van der Waals surface area contributed by atoms with Crippen LogP contribution in [0.4, 0.5) is 0 Å². The summed E-state index contributed by atoms with van der Waals surface area (Å²) < 4.78 is 6.25. The van der Waals surface area contributed by atoms with Gasteiger partial charge in [-0.05, 0) is 17.7 Å². The SMILES string of the molecule is CO[C@H](CN)c1ccc(Br)cc1. The molecule has 0 amide bonds. The van der Waals surface area contributed by atoms with E-state index in [9.17, 15) is 0 Å². The van der Waals surface area contributed by atoms with Gasteiger partial charge >= 0.3 is 0 Å². The van der Waals surface area contributed by atoms with Crippen molar-refractivity contribution >= 4 is 15.9 Å². The van der Waals surface area contributed by atoms with E-state index in [-0.39, 0.29) is 6.10 Å². The maximum absolute atomic E-state index is 5.52. The quantitative estimate of drug-likeness (QED) is 0.862. The van der Waals surface area contributed by atoms with Crippen molar-refractivity contribution in [3.63, 3.8) is 0 Å². The first-order valence-electron chi connectivity index (χ1n) is 3.76. The zero-order valence-electron chi connectivity index (χ0n) is 6.96. The molecule has 1 aromatic carbocycles. The van der Waals surface area contributed by atoms with Crippen LogP contribution in [0.1, 0.15) is 11.7 Å². The molecule has 0 aliphatic heterocycles. The van der Waals surface area contributed by atoms with Gasteiger partial charge in [0, 0.05) is 18.1 Å². The van der Waals surface area contributed by atoms with E-state index in [4.69, 9.17) is 10.5 Å². The molecule has 0 bridgehead atoms. The molecule has 0 aromatic heterocycles. The first kappa shape index (κ1) is 9.71. The van der Waals surface area contributed by atoms with E-state index in [1.807, 2.05) is 24.3 Å². The standard InChI is InChI=1S/C9H12BrNO/c1-12-9(6-11)7-2-4-8(10)5-3-7/h2-5,9H,6,11H2,1H3/t9-/m1/s1. The summed E-state index contributed by atoms with van der Waals surface area (Å²) in [5.41, 5.74) is 6.63. The fourth-order valence-electron chi connectivity index (χ4n) is 1.05. The topological polar surface area (TPSA) is 35.2 Å². The molecule has 12 heavy (non-hydrogen) atoms.